The molecule has 0 radical (unpaired) electrons. The second-order valence-electron chi connectivity index (χ2n) is 4.88. The molecular formula is C12H14F3N. The van der Waals surface area contributed by atoms with Gasteiger partial charge in [0, 0.05) is 11.2 Å². The molecule has 0 aliphatic carbocycles. The van der Waals surface area contributed by atoms with Crippen molar-refractivity contribution in [2.45, 2.75) is 38.4 Å². The zero-order chi connectivity index (χ0) is 12.0. The molecule has 88 valence electrons. The smallest absolute Gasteiger partial charge is 0.380 e. The van der Waals surface area contributed by atoms with Crippen LogP contribution in [0, 0.1) is 0 Å². The van der Waals surface area contributed by atoms with E-state index in [4.69, 9.17) is 0 Å². The number of rotatable bonds is 0. The van der Waals surface area contributed by atoms with Gasteiger partial charge in [-0.05, 0) is 44.4 Å². The van der Waals surface area contributed by atoms with Crippen LogP contribution in [0.15, 0.2) is 18.2 Å². The number of alkyl halides is 3. The van der Waals surface area contributed by atoms with Gasteiger partial charge < -0.3 is 5.32 Å². The van der Waals surface area contributed by atoms with Crippen molar-refractivity contribution in [1.29, 1.82) is 0 Å². The van der Waals surface area contributed by atoms with Gasteiger partial charge in [-0.3, -0.25) is 0 Å². The van der Waals surface area contributed by atoms with Gasteiger partial charge in [0.2, 0.25) is 0 Å². The fourth-order valence-corrected chi connectivity index (χ4v) is 1.96. The maximum absolute atomic E-state index is 12.5. The van der Waals surface area contributed by atoms with Gasteiger partial charge in [0.25, 0.3) is 0 Å². The summed E-state index contributed by atoms with van der Waals surface area (Å²) in [6, 6.07) is 3.93. The summed E-state index contributed by atoms with van der Waals surface area (Å²) in [5.74, 6) is 0. The maximum atomic E-state index is 12.5. The molecule has 0 unspecified atom stereocenters. The second kappa shape index (κ2) is 3.40. The molecule has 0 amide bonds. The number of anilines is 1. The number of benzene rings is 1. The Hall–Kier alpha value is -1.19. The maximum Gasteiger partial charge on any atom is 0.416 e. The lowest BCUT2D eigenvalue weighted by molar-refractivity contribution is -0.137. The van der Waals surface area contributed by atoms with Crippen LogP contribution in [-0.4, -0.2) is 5.54 Å². The van der Waals surface area contributed by atoms with Gasteiger partial charge >= 0.3 is 6.18 Å². The van der Waals surface area contributed by atoms with Gasteiger partial charge in [-0.1, -0.05) is 6.07 Å². The van der Waals surface area contributed by atoms with E-state index in [1.165, 1.54) is 6.07 Å². The monoisotopic (exact) mass is 229 g/mol. The van der Waals surface area contributed by atoms with Crippen LogP contribution in [0.4, 0.5) is 18.9 Å². The molecule has 1 nitrogen and oxygen atoms in total. The van der Waals surface area contributed by atoms with Gasteiger partial charge in [-0.25, -0.2) is 0 Å². The standard InChI is InChI=1S/C12H14F3N/c1-11(2)6-5-8-3-4-9(12(13,14)15)7-10(8)16-11/h3-4,7,16H,5-6H2,1-2H3. The van der Waals surface area contributed by atoms with E-state index < -0.39 is 11.7 Å². The molecule has 1 N–H and O–H groups in total. The Morgan fingerprint density at radius 1 is 1.25 bits per heavy atom. The SMILES string of the molecule is CC1(C)CCc2ccc(C(F)(F)F)cc2N1. The van der Waals surface area contributed by atoms with E-state index >= 15 is 0 Å². The van der Waals surface area contributed by atoms with Crippen LogP contribution in [0.3, 0.4) is 0 Å². The molecule has 2 rings (SSSR count). The molecule has 0 saturated carbocycles. The third-order valence-electron chi connectivity index (χ3n) is 2.93. The lowest BCUT2D eigenvalue weighted by Gasteiger charge is -2.34. The summed E-state index contributed by atoms with van der Waals surface area (Å²) in [7, 11) is 0. The molecule has 1 aliphatic heterocycles. The van der Waals surface area contributed by atoms with Crippen molar-refractivity contribution in [2.24, 2.45) is 0 Å². The van der Waals surface area contributed by atoms with Crippen molar-refractivity contribution < 1.29 is 13.2 Å². The number of hydrogen-bond acceptors (Lipinski definition) is 1. The number of hydrogen-bond donors (Lipinski definition) is 1. The first-order valence-electron chi connectivity index (χ1n) is 5.26. The quantitative estimate of drug-likeness (QED) is 0.712. The zero-order valence-corrected chi connectivity index (χ0v) is 9.28. The molecule has 0 atom stereocenters. The topological polar surface area (TPSA) is 12.0 Å². The van der Waals surface area contributed by atoms with Gasteiger partial charge in [0.1, 0.15) is 0 Å². The van der Waals surface area contributed by atoms with E-state index in [9.17, 15) is 13.2 Å². The highest BCUT2D eigenvalue weighted by Crippen LogP contribution is 2.36. The van der Waals surface area contributed by atoms with Gasteiger partial charge in [-0.15, -0.1) is 0 Å². The molecule has 0 bridgehead atoms. The molecular weight excluding hydrogens is 215 g/mol. The summed E-state index contributed by atoms with van der Waals surface area (Å²) in [4.78, 5) is 0. The second-order valence-corrected chi connectivity index (χ2v) is 4.88. The molecule has 16 heavy (non-hydrogen) atoms. The van der Waals surface area contributed by atoms with Crippen molar-refractivity contribution in [1.82, 2.24) is 0 Å². The average Bonchev–Trinajstić information content (AvgIpc) is 2.13. The third-order valence-corrected chi connectivity index (χ3v) is 2.93. The van der Waals surface area contributed by atoms with E-state index in [-0.39, 0.29) is 5.54 Å². The van der Waals surface area contributed by atoms with Crippen molar-refractivity contribution in [3.8, 4) is 0 Å². The highest BCUT2D eigenvalue weighted by Gasteiger charge is 2.32. The van der Waals surface area contributed by atoms with E-state index in [0.29, 0.717) is 5.69 Å². The molecule has 0 spiro atoms. The Labute approximate surface area is 92.7 Å². The summed E-state index contributed by atoms with van der Waals surface area (Å²) in [6.07, 6.45) is -2.50. The summed E-state index contributed by atoms with van der Waals surface area (Å²) >= 11 is 0. The first-order valence-corrected chi connectivity index (χ1v) is 5.26. The molecule has 1 aliphatic rings. The van der Waals surface area contributed by atoms with E-state index in [0.717, 1.165) is 24.5 Å². The van der Waals surface area contributed by atoms with Crippen LogP contribution in [-0.2, 0) is 12.6 Å². The number of nitrogens with one attached hydrogen (secondary N) is 1. The van der Waals surface area contributed by atoms with Crippen molar-refractivity contribution in [3.05, 3.63) is 29.3 Å². The minimum absolute atomic E-state index is 0.128. The normalized spacial score (nSPS) is 18.8. The Balaban J connectivity index is 2.39. The van der Waals surface area contributed by atoms with E-state index in [1.54, 1.807) is 6.07 Å². The van der Waals surface area contributed by atoms with E-state index in [1.807, 2.05) is 13.8 Å². The lowest BCUT2D eigenvalue weighted by Crippen LogP contribution is -2.35. The molecule has 0 saturated heterocycles. The van der Waals surface area contributed by atoms with Gasteiger partial charge in [0.15, 0.2) is 0 Å². The van der Waals surface area contributed by atoms with Crippen LogP contribution in [0.25, 0.3) is 0 Å². The molecule has 1 aromatic rings. The summed E-state index contributed by atoms with van der Waals surface area (Å²) in [5.41, 5.74) is 0.867. The first-order chi connectivity index (χ1) is 7.28. The van der Waals surface area contributed by atoms with Crippen LogP contribution >= 0.6 is 0 Å². The molecule has 0 aromatic heterocycles. The van der Waals surface area contributed by atoms with Crippen LogP contribution in [0.2, 0.25) is 0 Å². The Kier molecular flexibility index (Phi) is 2.40. The van der Waals surface area contributed by atoms with Crippen molar-refractivity contribution in [3.63, 3.8) is 0 Å². The van der Waals surface area contributed by atoms with Crippen molar-refractivity contribution in [2.75, 3.05) is 5.32 Å². The highest BCUT2D eigenvalue weighted by atomic mass is 19.4. The van der Waals surface area contributed by atoms with Crippen LogP contribution < -0.4 is 5.32 Å². The first kappa shape index (κ1) is 11.3. The van der Waals surface area contributed by atoms with Gasteiger partial charge in [0.05, 0.1) is 5.56 Å². The Morgan fingerprint density at radius 3 is 2.56 bits per heavy atom. The fraction of sp³-hybridized carbons (Fsp3) is 0.500. The minimum Gasteiger partial charge on any atom is -0.380 e. The predicted octanol–water partition coefficient (Wildman–Crippen LogP) is 3.84. The van der Waals surface area contributed by atoms with Crippen LogP contribution in [0.5, 0.6) is 0 Å². The Bertz CT molecular complexity index is 407. The summed E-state index contributed by atoms with van der Waals surface area (Å²) < 4.78 is 37.6. The molecule has 0 fully saturated rings. The molecule has 1 heterocycles. The number of aryl methyl sites for hydroxylation is 1. The minimum atomic E-state index is -4.27. The molecule has 1 aromatic carbocycles. The zero-order valence-electron chi connectivity index (χ0n) is 9.28. The highest BCUT2D eigenvalue weighted by molar-refractivity contribution is 5.57. The van der Waals surface area contributed by atoms with Gasteiger partial charge in [-0.2, -0.15) is 13.2 Å². The number of halogens is 3. The average molecular weight is 229 g/mol. The fourth-order valence-electron chi connectivity index (χ4n) is 1.96. The number of fused-ring (bicyclic) bond motifs is 1. The Morgan fingerprint density at radius 2 is 1.94 bits per heavy atom. The predicted molar refractivity (Wildman–Crippen MR) is 57.5 cm³/mol. The summed E-state index contributed by atoms with van der Waals surface area (Å²) in [6.45, 7) is 3.99. The van der Waals surface area contributed by atoms with E-state index in [2.05, 4.69) is 5.32 Å². The largest absolute Gasteiger partial charge is 0.416 e. The molecule has 4 heteroatoms. The summed E-state index contributed by atoms with van der Waals surface area (Å²) in [5, 5.41) is 3.15. The van der Waals surface area contributed by atoms with Crippen molar-refractivity contribution >= 4 is 5.69 Å². The lowest BCUT2D eigenvalue weighted by atomic mass is 9.89. The van der Waals surface area contributed by atoms with Crippen LogP contribution in [0.1, 0.15) is 31.4 Å². The third kappa shape index (κ3) is 2.15.